The standard InChI is InChI=1S/C15H38N6/c1-4-16-5-6-17-7-8-18-9-10-19-11-12-20-13-14-21-15(2)3/h15-21H,4-14H2,1-3H3. The summed E-state index contributed by atoms with van der Waals surface area (Å²) in [5, 5.41) is 20.3. The van der Waals surface area contributed by atoms with Crippen molar-refractivity contribution in [1.29, 1.82) is 0 Å². The monoisotopic (exact) mass is 302 g/mol. The first-order valence-corrected chi connectivity index (χ1v) is 8.54. The maximum atomic E-state index is 3.43. The molecule has 0 aromatic carbocycles. The molecule has 0 fully saturated rings. The van der Waals surface area contributed by atoms with E-state index in [1.54, 1.807) is 0 Å². The average molecular weight is 303 g/mol. The second kappa shape index (κ2) is 17.8. The van der Waals surface area contributed by atoms with Crippen LogP contribution in [-0.2, 0) is 0 Å². The lowest BCUT2D eigenvalue weighted by atomic mass is 10.4. The van der Waals surface area contributed by atoms with Gasteiger partial charge in [0.15, 0.2) is 0 Å². The number of hydrogen-bond donors (Lipinski definition) is 6. The zero-order valence-electron chi connectivity index (χ0n) is 14.4. The summed E-state index contributed by atoms with van der Waals surface area (Å²) in [6.07, 6.45) is 0. The van der Waals surface area contributed by atoms with Gasteiger partial charge >= 0.3 is 0 Å². The average Bonchev–Trinajstić information content (AvgIpc) is 2.46. The van der Waals surface area contributed by atoms with Crippen molar-refractivity contribution in [3.63, 3.8) is 0 Å². The summed E-state index contributed by atoms with van der Waals surface area (Å²) >= 11 is 0. The van der Waals surface area contributed by atoms with Crippen LogP contribution >= 0.6 is 0 Å². The molecule has 0 bridgehead atoms. The Morgan fingerprint density at radius 2 is 0.857 bits per heavy atom. The minimum Gasteiger partial charge on any atom is -0.316 e. The predicted molar refractivity (Wildman–Crippen MR) is 93.2 cm³/mol. The molecule has 0 rings (SSSR count). The Hall–Kier alpha value is -0.240. The van der Waals surface area contributed by atoms with Gasteiger partial charge in [0.1, 0.15) is 0 Å². The summed E-state index contributed by atoms with van der Waals surface area (Å²) in [6, 6.07) is 0.577. The highest BCUT2D eigenvalue weighted by molar-refractivity contribution is 4.59. The summed E-state index contributed by atoms with van der Waals surface area (Å²) < 4.78 is 0. The topological polar surface area (TPSA) is 72.2 Å². The second-order valence-electron chi connectivity index (χ2n) is 5.46. The Balaban J connectivity index is 2.93. The molecule has 128 valence electrons. The highest BCUT2D eigenvalue weighted by atomic mass is 15.0. The van der Waals surface area contributed by atoms with Crippen LogP contribution in [0.2, 0.25) is 0 Å². The zero-order valence-corrected chi connectivity index (χ0v) is 14.4. The van der Waals surface area contributed by atoms with Gasteiger partial charge < -0.3 is 31.9 Å². The van der Waals surface area contributed by atoms with Gasteiger partial charge in [-0.2, -0.15) is 0 Å². The summed E-state index contributed by atoms with van der Waals surface area (Å²) in [5.74, 6) is 0. The van der Waals surface area contributed by atoms with Crippen LogP contribution < -0.4 is 31.9 Å². The van der Waals surface area contributed by atoms with Gasteiger partial charge in [0, 0.05) is 71.5 Å². The fourth-order valence-electron chi connectivity index (χ4n) is 1.83. The molecule has 21 heavy (non-hydrogen) atoms. The van der Waals surface area contributed by atoms with Crippen LogP contribution in [0.3, 0.4) is 0 Å². The van der Waals surface area contributed by atoms with Crippen molar-refractivity contribution in [2.24, 2.45) is 0 Å². The SMILES string of the molecule is CCNCCNCCNCCNCCNCCNC(C)C. The third kappa shape index (κ3) is 19.8. The van der Waals surface area contributed by atoms with Gasteiger partial charge in [-0.25, -0.2) is 0 Å². The number of likely N-dealkylation sites (N-methyl/N-ethyl adjacent to an activating group) is 1. The molecule has 0 radical (unpaired) electrons. The van der Waals surface area contributed by atoms with E-state index in [1.807, 2.05) is 0 Å². The summed E-state index contributed by atoms with van der Waals surface area (Å²) in [7, 11) is 0. The molecule has 0 aliphatic rings. The van der Waals surface area contributed by atoms with Crippen LogP contribution in [0.15, 0.2) is 0 Å². The first-order valence-electron chi connectivity index (χ1n) is 8.54. The minimum absolute atomic E-state index is 0.577. The molecular weight excluding hydrogens is 264 g/mol. The predicted octanol–water partition coefficient (Wildman–Crippen LogP) is -1.05. The first-order chi connectivity index (χ1) is 10.3. The molecule has 0 aromatic heterocycles. The molecule has 0 unspecified atom stereocenters. The normalized spacial score (nSPS) is 11.4. The lowest BCUT2D eigenvalue weighted by molar-refractivity contribution is 0.537. The number of hydrogen-bond acceptors (Lipinski definition) is 6. The maximum Gasteiger partial charge on any atom is 0.00791 e. The van der Waals surface area contributed by atoms with Gasteiger partial charge in [0.2, 0.25) is 0 Å². The highest BCUT2D eigenvalue weighted by Crippen LogP contribution is 1.72. The molecule has 0 atom stereocenters. The quantitative estimate of drug-likeness (QED) is 0.193. The van der Waals surface area contributed by atoms with Gasteiger partial charge in [0.05, 0.1) is 0 Å². The maximum absolute atomic E-state index is 3.43. The molecule has 0 heterocycles. The van der Waals surface area contributed by atoms with Crippen molar-refractivity contribution in [3.05, 3.63) is 0 Å². The van der Waals surface area contributed by atoms with Crippen molar-refractivity contribution in [2.75, 3.05) is 72.0 Å². The highest BCUT2D eigenvalue weighted by Gasteiger charge is 1.92. The van der Waals surface area contributed by atoms with Gasteiger partial charge in [-0.3, -0.25) is 0 Å². The van der Waals surface area contributed by atoms with Crippen LogP contribution in [0.1, 0.15) is 20.8 Å². The first kappa shape index (κ1) is 20.8. The lowest BCUT2D eigenvalue weighted by Crippen LogP contribution is -2.37. The number of nitrogens with one attached hydrogen (secondary N) is 6. The number of rotatable bonds is 17. The largest absolute Gasteiger partial charge is 0.316 e. The van der Waals surface area contributed by atoms with Crippen molar-refractivity contribution in [2.45, 2.75) is 26.8 Å². The Labute approximate surface area is 131 Å². The molecule has 6 heteroatoms. The van der Waals surface area contributed by atoms with E-state index in [0.29, 0.717) is 6.04 Å². The van der Waals surface area contributed by atoms with Crippen molar-refractivity contribution >= 4 is 0 Å². The van der Waals surface area contributed by atoms with E-state index in [0.717, 1.165) is 72.0 Å². The van der Waals surface area contributed by atoms with Crippen LogP contribution in [0.4, 0.5) is 0 Å². The molecule has 0 saturated carbocycles. The van der Waals surface area contributed by atoms with Crippen LogP contribution in [-0.4, -0.2) is 78.0 Å². The summed E-state index contributed by atoms with van der Waals surface area (Å²) in [6.45, 7) is 17.9. The van der Waals surface area contributed by atoms with E-state index < -0.39 is 0 Å². The Morgan fingerprint density at radius 1 is 0.524 bits per heavy atom. The van der Waals surface area contributed by atoms with Crippen LogP contribution in [0.25, 0.3) is 0 Å². The van der Waals surface area contributed by atoms with Crippen molar-refractivity contribution in [1.82, 2.24) is 31.9 Å². The Morgan fingerprint density at radius 3 is 1.19 bits per heavy atom. The molecule has 0 aliphatic heterocycles. The van der Waals surface area contributed by atoms with Gasteiger partial charge in [-0.15, -0.1) is 0 Å². The van der Waals surface area contributed by atoms with Crippen LogP contribution in [0.5, 0.6) is 0 Å². The molecular formula is C15H38N6. The third-order valence-electron chi connectivity index (χ3n) is 3.02. The van der Waals surface area contributed by atoms with E-state index in [1.165, 1.54) is 0 Å². The van der Waals surface area contributed by atoms with E-state index in [4.69, 9.17) is 0 Å². The fourth-order valence-corrected chi connectivity index (χ4v) is 1.83. The second-order valence-corrected chi connectivity index (χ2v) is 5.46. The lowest BCUT2D eigenvalue weighted by Gasteiger charge is -2.10. The Bertz CT molecular complexity index is 189. The molecule has 0 aromatic rings. The van der Waals surface area contributed by atoms with Crippen molar-refractivity contribution in [3.8, 4) is 0 Å². The van der Waals surface area contributed by atoms with Gasteiger partial charge in [0.25, 0.3) is 0 Å². The van der Waals surface area contributed by atoms with Crippen LogP contribution in [0, 0.1) is 0 Å². The van der Waals surface area contributed by atoms with E-state index in [-0.39, 0.29) is 0 Å². The van der Waals surface area contributed by atoms with E-state index in [9.17, 15) is 0 Å². The molecule has 0 amide bonds. The molecule has 0 aliphatic carbocycles. The third-order valence-corrected chi connectivity index (χ3v) is 3.02. The van der Waals surface area contributed by atoms with E-state index in [2.05, 4.69) is 52.7 Å². The fraction of sp³-hybridized carbons (Fsp3) is 1.00. The summed E-state index contributed by atoms with van der Waals surface area (Å²) in [4.78, 5) is 0. The zero-order chi connectivity index (χ0) is 15.6. The van der Waals surface area contributed by atoms with Crippen molar-refractivity contribution < 1.29 is 0 Å². The molecule has 0 saturated heterocycles. The smallest absolute Gasteiger partial charge is 0.00791 e. The molecule has 6 N–H and O–H groups in total. The molecule has 0 spiro atoms. The van der Waals surface area contributed by atoms with Gasteiger partial charge in [-0.05, 0) is 6.54 Å². The molecule has 6 nitrogen and oxygen atoms in total. The van der Waals surface area contributed by atoms with Gasteiger partial charge in [-0.1, -0.05) is 20.8 Å². The summed E-state index contributed by atoms with van der Waals surface area (Å²) in [5.41, 5.74) is 0. The minimum atomic E-state index is 0.577. The Kier molecular flexibility index (Phi) is 17.6. The van der Waals surface area contributed by atoms with E-state index >= 15 is 0 Å².